The molecule has 0 fully saturated rings. The molecule has 0 bridgehead atoms. The molecule has 0 amide bonds. The third kappa shape index (κ3) is 1.21. The molecule has 0 atom stereocenters. The van der Waals surface area contributed by atoms with E-state index in [9.17, 15) is 4.39 Å². The van der Waals surface area contributed by atoms with Crippen LogP contribution >= 0.6 is 0 Å². The molecule has 0 aliphatic carbocycles. The smallest absolute Gasteiger partial charge is 0.148 e. The third-order valence-electron chi connectivity index (χ3n) is 2.15. The number of nitriles is 1. The van der Waals surface area contributed by atoms with Crippen molar-refractivity contribution in [2.45, 2.75) is 6.92 Å². The Morgan fingerprint density at radius 1 is 1.36 bits per heavy atom. The largest absolute Gasteiger partial charge is 0.245 e. The summed E-state index contributed by atoms with van der Waals surface area (Å²) in [4.78, 5) is 3.97. The monoisotopic (exact) mass is 186 g/mol. The maximum atomic E-state index is 12.9. The number of aromatic nitrogens is 1. The maximum Gasteiger partial charge on any atom is 0.148 e. The Balaban J connectivity index is 2.93. The van der Waals surface area contributed by atoms with Crippen molar-refractivity contribution in [2.75, 3.05) is 0 Å². The zero-order chi connectivity index (χ0) is 10.1. The van der Waals surface area contributed by atoms with Crippen molar-refractivity contribution < 1.29 is 4.39 Å². The summed E-state index contributed by atoms with van der Waals surface area (Å²) in [5.41, 5.74) is 1.21. The molecule has 0 aliphatic heterocycles. The molecule has 0 saturated heterocycles. The second-order valence-electron chi connectivity index (χ2n) is 3.09. The number of fused-ring (bicyclic) bond motifs is 1. The van der Waals surface area contributed by atoms with Gasteiger partial charge in [0.15, 0.2) is 0 Å². The van der Waals surface area contributed by atoms with Gasteiger partial charge in [0.1, 0.15) is 17.6 Å². The first kappa shape index (κ1) is 8.64. The molecule has 1 aromatic heterocycles. The predicted molar refractivity (Wildman–Crippen MR) is 51.2 cm³/mol. The first-order chi connectivity index (χ1) is 6.72. The van der Waals surface area contributed by atoms with Gasteiger partial charge >= 0.3 is 0 Å². The Kier molecular flexibility index (Phi) is 1.90. The standard InChI is InChI=1S/C11H7FN2/c1-7-6-14-11(5-13)9-3-2-8(12)4-10(7)9/h2-4,6H,1H3. The Hall–Kier alpha value is -1.95. The minimum Gasteiger partial charge on any atom is -0.245 e. The lowest BCUT2D eigenvalue weighted by Crippen LogP contribution is -1.89. The van der Waals surface area contributed by atoms with E-state index in [0.717, 1.165) is 10.9 Å². The fourth-order valence-electron chi connectivity index (χ4n) is 1.44. The van der Waals surface area contributed by atoms with Crippen molar-refractivity contribution in [3.63, 3.8) is 0 Å². The molecule has 68 valence electrons. The van der Waals surface area contributed by atoms with Crippen LogP contribution in [-0.2, 0) is 0 Å². The van der Waals surface area contributed by atoms with Crippen LogP contribution in [0, 0.1) is 24.1 Å². The Morgan fingerprint density at radius 2 is 2.14 bits per heavy atom. The normalized spacial score (nSPS) is 10.1. The second kappa shape index (κ2) is 3.08. The summed E-state index contributed by atoms with van der Waals surface area (Å²) in [5.74, 6) is -0.296. The fraction of sp³-hybridized carbons (Fsp3) is 0.0909. The average molecular weight is 186 g/mol. The molecule has 0 saturated carbocycles. The van der Waals surface area contributed by atoms with Gasteiger partial charge in [0.05, 0.1) is 0 Å². The number of hydrogen-bond acceptors (Lipinski definition) is 2. The Morgan fingerprint density at radius 3 is 2.86 bits per heavy atom. The SMILES string of the molecule is Cc1cnc(C#N)c2ccc(F)cc12. The van der Waals surface area contributed by atoms with E-state index < -0.39 is 0 Å². The van der Waals surface area contributed by atoms with Crippen LogP contribution in [-0.4, -0.2) is 4.98 Å². The number of benzene rings is 1. The quantitative estimate of drug-likeness (QED) is 0.634. The van der Waals surface area contributed by atoms with E-state index in [-0.39, 0.29) is 5.82 Å². The molecule has 14 heavy (non-hydrogen) atoms. The number of aryl methyl sites for hydroxylation is 1. The number of nitrogens with zero attached hydrogens (tertiary/aromatic N) is 2. The highest BCUT2D eigenvalue weighted by atomic mass is 19.1. The molecule has 1 aromatic carbocycles. The summed E-state index contributed by atoms with van der Waals surface area (Å²) >= 11 is 0. The van der Waals surface area contributed by atoms with Gasteiger partial charge in [-0.15, -0.1) is 0 Å². The molecule has 0 unspecified atom stereocenters. The van der Waals surface area contributed by atoms with E-state index in [1.165, 1.54) is 12.1 Å². The fourth-order valence-corrected chi connectivity index (χ4v) is 1.44. The molecule has 2 nitrogen and oxygen atoms in total. The summed E-state index contributed by atoms with van der Waals surface area (Å²) in [6.45, 7) is 1.84. The highest BCUT2D eigenvalue weighted by molar-refractivity contribution is 5.88. The Bertz CT molecular complexity index is 541. The van der Waals surface area contributed by atoms with Crippen LogP contribution in [0.4, 0.5) is 4.39 Å². The minimum atomic E-state index is -0.296. The van der Waals surface area contributed by atoms with Crippen LogP contribution in [0.5, 0.6) is 0 Å². The van der Waals surface area contributed by atoms with Crippen molar-refractivity contribution in [3.05, 3.63) is 41.5 Å². The van der Waals surface area contributed by atoms with Gasteiger partial charge in [0.2, 0.25) is 0 Å². The van der Waals surface area contributed by atoms with Crippen LogP contribution in [0.3, 0.4) is 0 Å². The van der Waals surface area contributed by atoms with E-state index in [1.807, 2.05) is 13.0 Å². The first-order valence-corrected chi connectivity index (χ1v) is 4.17. The van der Waals surface area contributed by atoms with Crippen LogP contribution in [0.25, 0.3) is 10.8 Å². The second-order valence-corrected chi connectivity index (χ2v) is 3.09. The predicted octanol–water partition coefficient (Wildman–Crippen LogP) is 2.55. The molecule has 0 spiro atoms. The molecule has 2 rings (SSSR count). The van der Waals surface area contributed by atoms with Crippen molar-refractivity contribution in [1.29, 1.82) is 5.26 Å². The lowest BCUT2D eigenvalue weighted by molar-refractivity contribution is 0.629. The van der Waals surface area contributed by atoms with Crippen molar-refractivity contribution in [3.8, 4) is 6.07 Å². The molecule has 0 N–H and O–H groups in total. The molecule has 2 aromatic rings. The van der Waals surface area contributed by atoms with E-state index in [0.29, 0.717) is 11.1 Å². The van der Waals surface area contributed by atoms with E-state index >= 15 is 0 Å². The third-order valence-corrected chi connectivity index (χ3v) is 2.15. The summed E-state index contributed by atoms with van der Waals surface area (Å²) in [6, 6.07) is 6.33. The van der Waals surface area contributed by atoms with Crippen molar-refractivity contribution >= 4 is 10.8 Å². The zero-order valence-electron chi connectivity index (χ0n) is 7.58. The number of pyridine rings is 1. The summed E-state index contributed by atoms with van der Waals surface area (Å²) in [6.07, 6.45) is 1.58. The highest BCUT2D eigenvalue weighted by Gasteiger charge is 2.04. The molecule has 0 aliphatic rings. The average Bonchev–Trinajstić information content (AvgIpc) is 2.19. The number of rotatable bonds is 0. The van der Waals surface area contributed by atoms with Crippen molar-refractivity contribution in [1.82, 2.24) is 4.98 Å². The topological polar surface area (TPSA) is 36.7 Å². The highest BCUT2D eigenvalue weighted by Crippen LogP contribution is 2.20. The molecule has 0 radical (unpaired) electrons. The van der Waals surface area contributed by atoms with Gasteiger partial charge in [-0.1, -0.05) is 0 Å². The molecular weight excluding hydrogens is 179 g/mol. The number of hydrogen-bond donors (Lipinski definition) is 0. The van der Waals surface area contributed by atoms with Crippen LogP contribution < -0.4 is 0 Å². The van der Waals surface area contributed by atoms with Gasteiger partial charge in [0, 0.05) is 11.6 Å². The molecule has 3 heteroatoms. The van der Waals surface area contributed by atoms with Gasteiger partial charge in [-0.3, -0.25) is 0 Å². The summed E-state index contributed by atoms with van der Waals surface area (Å²) in [5, 5.41) is 10.2. The zero-order valence-corrected chi connectivity index (χ0v) is 7.58. The minimum absolute atomic E-state index is 0.296. The van der Waals surface area contributed by atoms with E-state index in [4.69, 9.17) is 5.26 Å². The van der Waals surface area contributed by atoms with Gasteiger partial charge in [-0.2, -0.15) is 5.26 Å². The van der Waals surface area contributed by atoms with Crippen molar-refractivity contribution in [2.24, 2.45) is 0 Å². The van der Waals surface area contributed by atoms with Gasteiger partial charge in [-0.25, -0.2) is 9.37 Å². The van der Waals surface area contributed by atoms with E-state index in [2.05, 4.69) is 4.98 Å². The lowest BCUT2D eigenvalue weighted by Gasteiger charge is -2.02. The van der Waals surface area contributed by atoms with Crippen LogP contribution in [0.2, 0.25) is 0 Å². The van der Waals surface area contributed by atoms with Gasteiger partial charge in [-0.05, 0) is 36.1 Å². The van der Waals surface area contributed by atoms with Gasteiger partial charge < -0.3 is 0 Å². The maximum absolute atomic E-state index is 12.9. The van der Waals surface area contributed by atoms with Gasteiger partial charge in [0.25, 0.3) is 0 Å². The molecule has 1 heterocycles. The summed E-state index contributed by atoms with van der Waals surface area (Å²) in [7, 11) is 0. The first-order valence-electron chi connectivity index (χ1n) is 4.17. The molecular formula is C11H7FN2. The number of halogens is 1. The Labute approximate surface area is 80.6 Å². The lowest BCUT2D eigenvalue weighted by atomic mass is 10.1. The summed E-state index contributed by atoms with van der Waals surface area (Å²) < 4.78 is 12.9. The van der Waals surface area contributed by atoms with E-state index in [1.54, 1.807) is 12.3 Å². The van der Waals surface area contributed by atoms with Crippen LogP contribution in [0.1, 0.15) is 11.3 Å². The van der Waals surface area contributed by atoms with Crippen LogP contribution in [0.15, 0.2) is 24.4 Å².